The first kappa shape index (κ1) is 15.1. The van der Waals surface area contributed by atoms with Crippen LogP contribution < -0.4 is 10.9 Å². The lowest BCUT2D eigenvalue weighted by molar-refractivity contribution is -0.136. The van der Waals surface area contributed by atoms with Crippen molar-refractivity contribution in [3.63, 3.8) is 0 Å². The molecule has 1 aromatic carbocycles. The highest BCUT2D eigenvalue weighted by Crippen LogP contribution is 2.37. The van der Waals surface area contributed by atoms with E-state index < -0.39 is 17.3 Å². The van der Waals surface area contributed by atoms with Gasteiger partial charge in [-0.15, -0.1) is 0 Å². The Morgan fingerprint density at radius 3 is 2.43 bits per heavy atom. The highest BCUT2D eigenvalue weighted by atomic mass is 19.4. The van der Waals surface area contributed by atoms with Crippen LogP contribution in [0.2, 0.25) is 0 Å². The average Bonchev–Trinajstić information content (AvgIpc) is 2.38. The Labute approximate surface area is 119 Å². The third kappa shape index (κ3) is 3.62. The van der Waals surface area contributed by atoms with E-state index in [2.05, 4.69) is 15.5 Å². The van der Waals surface area contributed by atoms with Crippen molar-refractivity contribution in [2.45, 2.75) is 26.1 Å². The monoisotopic (exact) mass is 297 g/mol. The summed E-state index contributed by atoms with van der Waals surface area (Å²) in [5.41, 5.74) is -0.593. The van der Waals surface area contributed by atoms with Gasteiger partial charge in [-0.3, -0.25) is 4.79 Å². The zero-order valence-electron chi connectivity index (χ0n) is 11.5. The van der Waals surface area contributed by atoms with Crippen LogP contribution in [0.5, 0.6) is 0 Å². The summed E-state index contributed by atoms with van der Waals surface area (Å²) in [7, 11) is 0. The number of benzene rings is 1. The summed E-state index contributed by atoms with van der Waals surface area (Å²) in [6.45, 7) is 3.52. The fraction of sp³-hybridized carbons (Fsp3) is 0.286. The molecule has 7 heteroatoms. The van der Waals surface area contributed by atoms with Crippen molar-refractivity contribution in [3.8, 4) is 11.3 Å². The van der Waals surface area contributed by atoms with Crippen molar-refractivity contribution in [1.29, 1.82) is 0 Å². The number of halogens is 3. The third-order valence-electron chi connectivity index (χ3n) is 2.74. The summed E-state index contributed by atoms with van der Waals surface area (Å²) in [6, 6.07) is 6.39. The molecule has 0 bridgehead atoms. The van der Waals surface area contributed by atoms with Crippen LogP contribution in [0.1, 0.15) is 19.4 Å². The summed E-state index contributed by atoms with van der Waals surface area (Å²) in [5, 5.41) is 8.71. The molecule has 0 unspecified atom stereocenters. The predicted octanol–water partition coefficient (Wildman–Crippen LogP) is 3.28. The lowest BCUT2D eigenvalue weighted by atomic mass is 10.0. The minimum atomic E-state index is -4.48. The molecule has 2 N–H and O–H groups in total. The Morgan fingerprint density at radius 1 is 1.19 bits per heavy atom. The van der Waals surface area contributed by atoms with Crippen LogP contribution in [0, 0.1) is 0 Å². The topological polar surface area (TPSA) is 57.8 Å². The van der Waals surface area contributed by atoms with Crippen LogP contribution in [-0.4, -0.2) is 16.2 Å². The smallest absolute Gasteiger partial charge is 0.382 e. The Balaban J connectivity index is 2.51. The van der Waals surface area contributed by atoms with Gasteiger partial charge in [0.1, 0.15) is 0 Å². The number of aromatic amines is 1. The van der Waals surface area contributed by atoms with Crippen LogP contribution in [0.3, 0.4) is 0 Å². The van der Waals surface area contributed by atoms with E-state index in [9.17, 15) is 18.0 Å². The molecule has 0 saturated heterocycles. The minimum Gasteiger partial charge on any atom is -0.382 e. The van der Waals surface area contributed by atoms with Gasteiger partial charge in [0.15, 0.2) is 0 Å². The van der Waals surface area contributed by atoms with E-state index in [0.717, 1.165) is 6.07 Å². The van der Waals surface area contributed by atoms with Crippen LogP contribution in [0.15, 0.2) is 35.1 Å². The normalized spacial score (nSPS) is 11.7. The molecule has 0 aliphatic rings. The van der Waals surface area contributed by atoms with Gasteiger partial charge in [-0.2, -0.15) is 18.3 Å². The Morgan fingerprint density at radius 2 is 1.90 bits per heavy atom. The predicted molar refractivity (Wildman–Crippen MR) is 74.1 cm³/mol. The van der Waals surface area contributed by atoms with Crippen molar-refractivity contribution in [1.82, 2.24) is 10.2 Å². The lowest BCUT2D eigenvalue weighted by Crippen LogP contribution is -2.16. The van der Waals surface area contributed by atoms with E-state index in [1.165, 1.54) is 24.3 Å². The molecule has 0 radical (unpaired) electrons. The summed E-state index contributed by atoms with van der Waals surface area (Å²) < 4.78 is 39.4. The standard InChI is InChI=1S/C14H14F3N3O/c1-8(2)18-12-4-3-9(7-10(12)14(15,16)17)11-5-6-13(21)20-19-11/h3-8,18H,1-2H3,(H,20,21). The molecule has 4 nitrogen and oxygen atoms in total. The van der Waals surface area contributed by atoms with E-state index in [4.69, 9.17) is 0 Å². The fourth-order valence-electron chi connectivity index (χ4n) is 1.88. The van der Waals surface area contributed by atoms with Gasteiger partial charge >= 0.3 is 6.18 Å². The number of alkyl halides is 3. The van der Waals surface area contributed by atoms with Gasteiger partial charge in [0.25, 0.3) is 5.56 Å². The van der Waals surface area contributed by atoms with Crippen molar-refractivity contribution in [2.75, 3.05) is 5.32 Å². The van der Waals surface area contributed by atoms with Crippen LogP contribution in [-0.2, 0) is 6.18 Å². The van der Waals surface area contributed by atoms with Gasteiger partial charge in [-0.05, 0) is 32.0 Å². The number of hydrogen-bond acceptors (Lipinski definition) is 3. The molecule has 0 saturated carbocycles. The maximum absolute atomic E-state index is 13.1. The molecule has 1 heterocycles. The molecule has 0 atom stereocenters. The number of aromatic nitrogens is 2. The molecule has 0 spiro atoms. The molecule has 112 valence electrons. The minimum absolute atomic E-state index is 0.0191. The summed E-state index contributed by atoms with van der Waals surface area (Å²) in [6.07, 6.45) is -4.48. The quantitative estimate of drug-likeness (QED) is 0.914. The van der Waals surface area contributed by atoms with Gasteiger partial charge in [-0.25, -0.2) is 5.10 Å². The Bertz CT molecular complexity index is 672. The van der Waals surface area contributed by atoms with E-state index in [1.54, 1.807) is 13.8 Å². The van der Waals surface area contributed by atoms with Gasteiger partial charge in [0.2, 0.25) is 0 Å². The van der Waals surface area contributed by atoms with Gasteiger partial charge in [0, 0.05) is 23.4 Å². The molecule has 0 aliphatic heterocycles. The van der Waals surface area contributed by atoms with E-state index in [0.29, 0.717) is 0 Å². The highest BCUT2D eigenvalue weighted by molar-refractivity contribution is 5.66. The molecule has 0 fully saturated rings. The number of nitrogens with zero attached hydrogens (tertiary/aromatic N) is 1. The molecular weight excluding hydrogens is 283 g/mol. The van der Waals surface area contributed by atoms with E-state index >= 15 is 0 Å². The third-order valence-corrected chi connectivity index (χ3v) is 2.74. The Kier molecular flexibility index (Phi) is 4.02. The van der Waals surface area contributed by atoms with Crippen molar-refractivity contribution in [2.24, 2.45) is 0 Å². The number of nitrogens with one attached hydrogen (secondary N) is 2. The van der Waals surface area contributed by atoms with Crippen molar-refractivity contribution in [3.05, 3.63) is 46.2 Å². The number of anilines is 1. The first-order chi connectivity index (χ1) is 9.77. The van der Waals surface area contributed by atoms with Crippen LogP contribution in [0.25, 0.3) is 11.3 Å². The summed E-state index contributed by atoms with van der Waals surface area (Å²) in [4.78, 5) is 10.9. The number of rotatable bonds is 3. The maximum Gasteiger partial charge on any atom is 0.418 e. The largest absolute Gasteiger partial charge is 0.418 e. The molecule has 0 amide bonds. The molecule has 2 aromatic rings. The second-order valence-corrected chi connectivity index (χ2v) is 4.86. The SMILES string of the molecule is CC(C)Nc1ccc(-c2ccc(=O)[nH]n2)cc1C(F)(F)F. The zero-order valence-corrected chi connectivity index (χ0v) is 11.5. The average molecular weight is 297 g/mol. The second-order valence-electron chi connectivity index (χ2n) is 4.86. The lowest BCUT2D eigenvalue weighted by Gasteiger charge is -2.17. The van der Waals surface area contributed by atoms with Gasteiger partial charge < -0.3 is 5.32 Å². The summed E-state index contributed by atoms with van der Waals surface area (Å²) >= 11 is 0. The van der Waals surface area contributed by atoms with Gasteiger partial charge in [0.05, 0.1) is 11.3 Å². The van der Waals surface area contributed by atoms with Crippen LogP contribution >= 0.6 is 0 Å². The van der Waals surface area contributed by atoms with Crippen molar-refractivity contribution < 1.29 is 13.2 Å². The van der Waals surface area contributed by atoms with Crippen molar-refractivity contribution >= 4 is 5.69 Å². The molecule has 21 heavy (non-hydrogen) atoms. The molecular formula is C14H14F3N3O. The number of H-pyrrole nitrogens is 1. The zero-order chi connectivity index (χ0) is 15.6. The highest BCUT2D eigenvalue weighted by Gasteiger charge is 2.34. The number of hydrogen-bond donors (Lipinski definition) is 2. The molecule has 1 aromatic heterocycles. The maximum atomic E-state index is 13.1. The fourth-order valence-corrected chi connectivity index (χ4v) is 1.88. The first-order valence-electron chi connectivity index (χ1n) is 6.31. The van der Waals surface area contributed by atoms with E-state index in [1.807, 2.05) is 0 Å². The second kappa shape index (κ2) is 5.59. The molecule has 2 rings (SSSR count). The van der Waals surface area contributed by atoms with Gasteiger partial charge in [-0.1, -0.05) is 6.07 Å². The first-order valence-corrected chi connectivity index (χ1v) is 6.31. The molecule has 0 aliphatic carbocycles. The Hall–Kier alpha value is -2.31. The summed E-state index contributed by atoms with van der Waals surface area (Å²) in [5.74, 6) is 0. The van der Waals surface area contributed by atoms with Crippen LogP contribution in [0.4, 0.5) is 18.9 Å². The van der Waals surface area contributed by atoms with E-state index in [-0.39, 0.29) is 23.0 Å².